The summed E-state index contributed by atoms with van der Waals surface area (Å²) >= 11 is 6.20. The van der Waals surface area contributed by atoms with Gasteiger partial charge in [0.2, 0.25) is 5.91 Å². The number of benzene rings is 2. The molecule has 0 saturated carbocycles. The van der Waals surface area contributed by atoms with Gasteiger partial charge in [0.05, 0.1) is 0 Å². The van der Waals surface area contributed by atoms with E-state index < -0.39 is 0 Å². The van der Waals surface area contributed by atoms with E-state index in [0.29, 0.717) is 0 Å². The lowest BCUT2D eigenvalue weighted by molar-refractivity contribution is -0.123. The molecule has 1 amide bonds. The highest BCUT2D eigenvalue weighted by atomic mass is 35.5. The van der Waals surface area contributed by atoms with Crippen LogP contribution in [0.15, 0.2) is 54.7 Å². The van der Waals surface area contributed by atoms with Gasteiger partial charge in [0.1, 0.15) is 5.82 Å². The Labute approximate surface area is 182 Å². The van der Waals surface area contributed by atoms with Crippen LogP contribution in [-0.4, -0.2) is 30.5 Å². The van der Waals surface area contributed by atoms with Gasteiger partial charge in [0, 0.05) is 47.8 Å². The molecule has 5 heteroatoms. The predicted octanol–water partition coefficient (Wildman–Crippen LogP) is 5.47. The molecule has 0 unspecified atom stereocenters. The Kier molecular flexibility index (Phi) is 5.34. The second kappa shape index (κ2) is 8.27. The van der Waals surface area contributed by atoms with Gasteiger partial charge in [-0.3, -0.25) is 4.79 Å². The van der Waals surface area contributed by atoms with Crippen LogP contribution >= 0.6 is 11.6 Å². The molecule has 30 heavy (non-hydrogen) atoms. The standard InChI is InChI=1S/C25H26ClN3O/c26-22-8-9-23-20(15-22)6-3-4-12-29(23)25(30)18-10-13-28(14-11-18)24-16-19-5-1-2-7-21(19)17-27-24/h1-2,5,7-9,15-18H,3-4,6,10-14H2. The van der Waals surface area contributed by atoms with Crippen molar-refractivity contribution in [1.82, 2.24) is 4.98 Å². The molecule has 4 nitrogen and oxygen atoms in total. The third kappa shape index (κ3) is 3.77. The number of rotatable bonds is 2. The first kappa shape index (κ1) is 19.4. The lowest BCUT2D eigenvalue weighted by Crippen LogP contribution is -2.43. The van der Waals surface area contributed by atoms with Crippen LogP contribution in [0.1, 0.15) is 31.2 Å². The first-order chi connectivity index (χ1) is 14.7. The van der Waals surface area contributed by atoms with Crippen molar-refractivity contribution < 1.29 is 4.79 Å². The molecular formula is C25H26ClN3O. The summed E-state index contributed by atoms with van der Waals surface area (Å²) in [5.74, 6) is 1.35. The van der Waals surface area contributed by atoms with Gasteiger partial charge in [0.15, 0.2) is 0 Å². The summed E-state index contributed by atoms with van der Waals surface area (Å²) in [6.07, 6.45) is 6.81. The van der Waals surface area contributed by atoms with E-state index >= 15 is 0 Å². The van der Waals surface area contributed by atoms with Gasteiger partial charge >= 0.3 is 0 Å². The Morgan fingerprint density at radius 2 is 1.77 bits per heavy atom. The summed E-state index contributed by atoms with van der Waals surface area (Å²) in [4.78, 5) is 22.4. The van der Waals surface area contributed by atoms with E-state index in [1.54, 1.807) is 0 Å². The van der Waals surface area contributed by atoms with E-state index in [1.807, 2.05) is 35.4 Å². The molecule has 2 aliphatic heterocycles. The molecule has 1 saturated heterocycles. The van der Waals surface area contributed by atoms with Crippen molar-refractivity contribution in [3.05, 3.63) is 65.3 Å². The zero-order valence-electron chi connectivity index (χ0n) is 17.1. The van der Waals surface area contributed by atoms with Crippen molar-refractivity contribution >= 4 is 39.8 Å². The quantitative estimate of drug-likeness (QED) is 0.552. The van der Waals surface area contributed by atoms with Crippen molar-refractivity contribution in [3.63, 3.8) is 0 Å². The maximum atomic E-state index is 13.4. The van der Waals surface area contributed by atoms with Gasteiger partial charge < -0.3 is 9.80 Å². The zero-order chi connectivity index (χ0) is 20.5. The topological polar surface area (TPSA) is 36.4 Å². The minimum atomic E-state index is 0.0725. The number of hydrogen-bond donors (Lipinski definition) is 0. The summed E-state index contributed by atoms with van der Waals surface area (Å²) in [6.45, 7) is 2.53. The maximum absolute atomic E-state index is 13.4. The van der Waals surface area contributed by atoms with E-state index in [2.05, 4.69) is 34.1 Å². The molecule has 0 radical (unpaired) electrons. The van der Waals surface area contributed by atoms with Crippen molar-refractivity contribution in [1.29, 1.82) is 0 Å². The molecule has 154 valence electrons. The van der Waals surface area contributed by atoms with Crippen LogP contribution in [0.25, 0.3) is 10.8 Å². The number of piperidine rings is 1. The number of pyridine rings is 1. The van der Waals surface area contributed by atoms with E-state index in [4.69, 9.17) is 11.6 Å². The highest BCUT2D eigenvalue weighted by Crippen LogP contribution is 2.32. The van der Waals surface area contributed by atoms with Gasteiger partial charge in [0.25, 0.3) is 0 Å². The summed E-state index contributed by atoms with van der Waals surface area (Å²) in [5.41, 5.74) is 2.26. The Morgan fingerprint density at radius 3 is 2.60 bits per heavy atom. The number of nitrogens with zero attached hydrogens (tertiary/aromatic N) is 3. The molecule has 2 aromatic carbocycles. The Hall–Kier alpha value is -2.59. The fraction of sp³-hybridized carbons (Fsp3) is 0.360. The van der Waals surface area contributed by atoms with Crippen LogP contribution in [0.5, 0.6) is 0 Å². The van der Waals surface area contributed by atoms with Crippen LogP contribution in [0, 0.1) is 5.92 Å². The second-order valence-corrected chi connectivity index (χ2v) is 8.81. The lowest BCUT2D eigenvalue weighted by atomic mass is 9.94. The van der Waals surface area contributed by atoms with Crippen LogP contribution in [0.3, 0.4) is 0 Å². The van der Waals surface area contributed by atoms with Crippen molar-refractivity contribution in [2.75, 3.05) is 29.4 Å². The molecule has 0 spiro atoms. The van der Waals surface area contributed by atoms with Gasteiger partial charge in [-0.15, -0.1) is 0 Å². The summed E-state index contributed by atoms with van der Waals surface area (Å²) in [7, 11) is 0. The normalized spacial score (nSPS) is 17.6. The molecule has 1 aromatic heterocycles. The molecule has 0 N–H and O–H groups in total. The number of carbonyl (C=O) groups is 1. The second-order valence-electron chi connectivity index (χ2n) is 8.37. The molecular weight excluding hydrogens is 394 g/mol. The molecule has 0 atom stereocenters. The number of aromatic nitrogens is 1. The van der Waals surface area contributed by atoms with E-state index in [9.17, 15) is 4.79 Å². The molecule has 3 heterocycles. The molecule has 2 aliphatic rings. The van der Waals surface area contributed by atoms with Crippen LogP contribution in [0.2, 0.25) is 5.02 Å². The third-order valence-electron chi connectivity index (χ3n) is 6.46. The molecule has 1 fully saturated rings. The minimum Gasteiger partial charge on any atom is -0.357 e. The smallest absolute Gasteiger partial charge is 0.230 e. The lowest BCUT2D eigenvalue weighted by Gasteiger charge is -2.35. The first-order valence-electron chi connectivity index (χ1n) is 10.9. The monoisotopic (exact) mass is 419 g/mol. The summed E-state index contributed by atoms with van der Waals surface area (Å²) < 4.78 is 0. The summed E-state index contributed by atoms with van der Waals surface area (Å²) in [5, 5.41) is 3.12. The Balaban J connectivity index is 1.30. The maximum Gasteiger partial charge on any atom is 0.230 e. The number of aryl methyl sites for hydroxylation is 1. The Bertz CT molecular complexity index is 1070. The highest BCUT2D eigenvalue weighted by Gasteiger charge is 2.31. The predicted molar refractivity (Wildman–Crippen MR) is 123 cm³/mol. The van der Waals surface area contributed by atoms with E-state index in [1.165, 1.54) is 10.9 Å². The van der Waals surface area contributed by atoms with Crippen LogP contribution < -0.4 is 9.80 Å². The number of hydrogen-bond acceptors (Lipinski definition) is 3. The molecule has 0 aliphatic carbocycles. The summed E-state index contributed by atoms with van der Waals surface area (Å²) in [6, 6.07) is 16.4. The number of halogens is 1. The number of amides is 1. The third-order valence-corrected chi connectivity index (χ3v) is 6.70. The first-order valence-corrected chi connectivity index (χ1v) is 11.3. The van der Waals surface area contributed by atoms with Crippen molar-refractivity contribution in [2.45, 2.75) is 32.1 Å². The zero-order valence-corrected chi connectivity index (χ0v) is 17.8. The van der Waals surface area contributed by atoms with Gasteiger partial charge in [-0.25, -0.2) is 4.98 Å². The van der Waals surface area contributed by atoms with Crippen LogP contribution in [-0.2, 0) is 11.2 Å². The van der Waals surface area contributed by atoms with Gasteiger partial charge in [-0.2, -0.15) is 0 Å². The fourth-order valence-corrected chi connectivity index (χ4v) is 4.97. The van der Waals surface area contributed by atoms with Crippen molar-refractivity contribution in [3.8, 4) is 0 Å². The van der Waals surface area contributed by atoms with Gasteiger partial charge in [-0.1, -0.05) is 35.9 Å². The highest BCUT2D eigenvalue weighted by molar-refractivity contribution is 6.30. The number of carbonyl (C=O) groups excluding carboxylic acids is 1. The SMILES string of the molecule is O=C(C1CCN(c2cc3ccccc3cn2)CC1)N1CCCCc2cc(Cl)ccc21. The van der Waals surface area contributed by atoms with Crippen molar-refractivity contribution in [2.24, 2.45) is 5.92 Å². The number of anilines is 2. The molecule has 5 rings (SSSR count). The van der Waals surface area contributed by atoms with E-state index in [0.717, 1.165) is 73.7 Å². The van der Waals surface area contributed by atoms with Crippen LogP contribution in [0.4, 0.5) is 11.5 Å². The fourth-order valence-electron chi connectivity index (χ4n) is 4.77. The minimum absolute atomic E-state index is 0.0725. The Morgan fingerprint density at radius 1 is 0.967 bits per heavy atom. The average molecular weight is 420 g/mol. The number of fused-ring (bicyclic) bond motifs is 2. The van der Waals surface area contributed by atoms with Gasteiger partial charge in [-0.05, 0) is 67.3 Å². The largest absolute Gasteiger partial charge is 0.357 e. The van der Waals surface area contributed by atoms with E-state index in [-0.39, 0.29) is 11.8 Å². The molecule has 3 aromatic rings. The molecule has 0 bridgehead atoms. The average Bonchev–Trinajstić information content (AvgIpc) is 3.00.